The molecule has 0 amide bonds. The second-order valence-corrected chi connectivity index (χ2v) is 4.20. The Kier molecular flexibility index (Phi) is 12.8. The fourth-order valence-corrected chi connectivity index (χ4v) is 1.81. The van der Waals surface area contributed by atoms with E-state index in [1.807, 2.05) is 0 Å². The van der Waals surface area contributed by atoms with E-state index >= 15 is 0 Å². The van der Waals surface area contributed by atoms with Crippen molar-refractivity contribution >= 4 is 0 Å². The number of aliphatic hydroxyl groups is 2. The van der Waals surface area contributed by atoms with Gasteiger partial charge in [0.05, 0.1) is 13.2 Å². The van der Waals surface area contributed by atoms with E-state index < -0.39 is 0 Å². The molecular weight excluding hydrogens is 204 g/mol. The molecule has 0 radical (unpaired) electrons. The first-order valence-electron chi connectivity index (χ1n) is 6.49. The zero-order chi connectivity index (χ0) is 12.1. The molecule has 4 nitrogen and oxygen atoms in total. The van der Waals surface area contributed by atoms with Gasteiger partial charge in [-0.1, -0.05) is 25.7 Å². The van der Waals surface area contributed by atoms with Gasteiger partial charge in [0.2, 0.25) is 0 Å². The Morgan fingerprint density at radius 1 is 0.688 bits per heavy atom. The first-order chi connectivity index (χ1) is 7.85. The molecule has 0 unspecified atom stereocenters. The summed E-state index contributed by atoms with van der Waals surface area (Å²) in [4.78, 5) is 2.11. The van der Waals surface area contributed by atoms with Crippen molar-refractivity contribution in [2.45, 2.75) is 38.5 Å². The normalized spacial score (nSPS) is 11.2. The van der Waals surface area contributed by atoms with E-state index in [1.165, 1.54) is 25.7 Å². The van der Waals surface area contributed by atoms with Gasteiger partial charge in [-0.3, -0.25) is 4.90 Å². The van der Waals surface area contributed by atoms with Gasteiger partial charge in [-0.2, -0.15) is 0 Å². The third kappa shape index (κ3) is 10.4. The van der Waals surface area contributed by atoms with E-state index in [9.17, 15) is 0 Å². The maximum atomic E-state index is 8.83. The summed E-state index contributed by atoms with van der Waals surface area (Å²) in [5, 5.41) is 17.7. The molecule has 4 heteroatoms. The van der Waals surface area contributed by atoms with Crippen LogP contribution in [0.2, 0.25) is 0 Å². The average Bonchev–Trinajstić information content (AvgIpc) is 2.28. The van der Waals surface area contributed by atoms with Crippen molar-refractivity contribution in [3.8, 4) is 0 Å². The Morgan fingerprint density at radius 2 is 1.19 bits per heavy atom. The highest BCUT2D eigenvalue weighted by Crippen LogP contribution is 2.05. The number of unbranched alkanes of at least 4 members (excludes halogenated alkanes) is 5. The lowest BCUT2D eigenvalue weighted by atomic mass is 10.1. The summed E-state index contributed by atoms with van der Waals surface area (Å²) in [5.74, 6) is 0. The highest BCUT2D eigenvalue weighted by Gasteiger charge is 2.02. The van der Waals surface area contributed by atoms with E-state index in [2.05, 4.69) is 4.90 Å². The number of aliphatic hydroxyl groups excluding tert-OH is 2. The predicted molar refractivity (Wildman–Crippen MR) is 67.4 cm³/mol. The zero-order valence-corrected chi connectivity index (χ0v) is 10.4. The van der Waals surface area contributed by atoms with Crippen LogP contribution < -0.4 is 5.73 Å². The van der Waals surface area contributed by atoms with Crippen LogP contribution in [0.1, 0.15) is 38.5 Å². The SMILES string of the molecule is NCCCCCCCCN(CCO)CCO. The molecule has 0 aromatic heterocycles. The van der Waals surface area contributed by atoms with Crippen LogP contribution >= 0.6 is 0 Å². The molecule has 0 aliphatic carbocycles. The van der Waals surface area contributed by atoms with Crippen LogP contribution in [0, 0.1) is 0 Å². The lowest BCUT2D eigenvalue weighted by molar-refractivity contribution is 0.159. The van der Waals surface area contributed by atoms with Gasteiger partial charge in [-0.25, -0.2) is 0 Å². The molecule has 4 N–H and O–H groups in total. The molecule has 0 rings (SSSR count). The molecule has 16 heavy (non-hydrogen) atoms. The van der Waals surface area contributed by atoms with Gasteiger partial charge >= 0.3 is 0 Å². The van der Waals surface area contributed by atoms with Gasteiger partial charge < -0.3 is 15.9 Å². The first-order valence-corrected chi connectivity index (χ1v) is 6.49. The Morgan fingerprint density at radius 3 is 1.69 bits per heavy atom. The third-order valence-corrected chi connectivity index (χ3v) is 2.76. The molecule has 0 aromatic carbocycles. The average molecular weight is 232 g/mol. The van der Waals surface area contributed by atoms with Crippen molar-refractivity contribution in [1.82, 2.24) is 4.90 Å². The van der Waals surface area contributed by atoms with Crippen molar-refractivity contribution in [3.63, 3.8) is 0 Å². The first kappa shape index (κ1) is 15.8. The molecule has 0 aliphatic rings. The van der Waals surface area contributed by atoms with Gasteiger partial charge in [0, 0.05) is 13.1 Å². The molecule has 0 aromatic rings. The molecule has 0 fully saturated rings. The van der Waals surface area contributed by atoms with E-state index in [4.69, 9.17) is 15.9 Å². The van der Waals surface area contributed by atoms with Crippen LogP contribution in [0.3, 0.4) is 0 Å². The summed E-state index contributed by atoms with van der Waals surface area (Å²) in [7, 11) is 0. The Hall–Kier alpha value is -0.160. The van der Waals surface area contributed by atoms with E-state index in [0.29, 0.717) is 13.1 Å². The highest BCUT2D eigenvalue weighted by atomic mass is 16.3. The van der Waals surface area contributed by atoms with Crippen LogP contribution in [-0.4, -0.2) is 54.5 Å². The van der Waals surface area contributed by atoms with Crippen molar-refractivity contribution in [3.05, 3.63) is 0 Å². The fourth-order valence-electron chi connectivity index (χ4n) is 1.81. The minimum Gasteiger partial charge on any atom is -0.395 e. The summed E-state index contributed by atoms with van der Waals surface area (Å²) in [6, 6.07) is 0. The largest absolute Gasteiger partial charge is 0.395 e. The van der Waals surface area contributed by atoms with Crippen molar-refractivity contribution in [2.75, 3.05) is 39.4 Å². The molecular formula is C12H28N2O2. The van der Waals surface area contributed by atoms with E-state index in [-0.39, 0.29) is 13.2 Å². The smallest absolute Gasteiger partial charge is 0.0558 e. The van der Waals surface area contributed by atoms with Crippen LogP contribution in [0.4, 0.5) is 0 Å². The molecule has 0 atom stereocenters. The summed E-state index contributed by atoms with van der Waals surface area (Å²) in [5.41, 5.74) is 5.42. The van der Waals surface area contributed by atoms with Gasteiger partial charge in [-0.05, 0) is 25.9 Å². The lowest BCUT2D eigenvalue weighted by Gasteiger charge is -2.19. The van der Waals surface area contributed by atoms with Gasteiger partial charge in [0.25, 0.3) is 0 Å². The summed E-state index contributed by atoms with van der Waals surface area (Å²) in [6.07, 6.45) is 7.32. The maximum absolute atomic E-state index is 8.83. The van der Waals surface area contributed by atoms with Gasteiger partial charge in [-0.15, -0.1) is 0 Å². The molecule has 0 heterocycles. The topological polar surface area (TPSA) is 69.7 Å². The van der Waals surface area contributed by atoms with Crippen LogP contribution in [0.25, 0.3) is 0 Å². The molecule has 0 saturated carbocycles. The molecule has 0 spiro atoms. The number of nitrogens with zero attached hydrogens (tertiary/aromatic N) is 1. The minimum absolute atomic E-state index is 0.177. The van der Waals surface area contributed by atoms with Crippen LogP contribution in [-0.2, 0) is 0 Å². The highest BCUT2D eigenvalue weighted by molar-refractivity contribution is 4.57. The number of hydrogen-bond donors (Lipinski definition) is 3. The summed E-state index contributed by atoms with van der Waals surface area (Å²) in [6.45, 7) is 3.49. The lowest BCUT2D eigenvalue weighted by Crippen LogP contribution is -2.30. The maximum Gasteiger partial charge on any atom is 0.0558 e. The predicted octanol–water partition coefficient (Wildman–Crippen LogP) is 0.572. The van der Waals surface area contributed by atoms with Crippen molar-refractivity contribution < 1.29 is 10.2 Å². The number of hydrogen-bond acceptors (Lipinski definition) is 4. The van der Waals surface area contributed by atoms with Crippen molar-refractivity contribution in [2.24, 2.45) is 5.73 Å². The van der Waals surface area contributed by atoms with Crippen LogP contribution in [0.5, 0.6) is 0 Å². The number of rotatable bonds is 12. The Bertz CT molecular complexity index is 128. The standard InChI is InChI=1S/C12H28N2O2/c13-7-5-3-1-2-4-6-8-14(9-11-15)10-12-16/h15-16H,1-13H2. The van der Waals surface area contributed by atoms with Gasteiger partial charge in [0.1, 0.15) is 0 Å². The second-order valence-electron chi connectivity index (χ2n) is 4.20. The zero-order valence-electron chi connectivity index (χ0n) is 10.4. The molecule has 0 aliphatic heterocycles. The molecule has 0 saturated heterocycles. The quantitative estimate of drug-likeness (QED) is 0.430. The molecule has 98 valence electrons. The van der Waals surface area contributed by atoms with E-state index in [1.54, 1.807) is 0 Å². The monoisotopic (exact) mass is 232 g/mol. The third-order valence-electron chi connectivity index (χ3n) is 2.76. The molecule has 0 bridgehead atoms. The van der Waals surface area contributed by atoms with Crippen molar-refractivity contribution in [1.29, 1.82) is 0 Å². The summed E-state index contributed by atoms with van der Waals surface area (Å²) >= 11 is 0. The minimum atomic E-state index is 0.177. The van der Waals surface area contributed by atoms with E-state index in [0.717, 1.165) is 25.9 Å². The fraction of sp³-hybridized carbons (Fsp3) is 1.00. The Labute approximate surface area is 99.4 Å². The van der Waals surface area contributed by atoms with Gasteiger partial charge in [0.15, 0.2) is 0 Å². The summed E-state index contributed by atoms with van der Waals surface area (Å²) < 4.78 is 0. The second kappa shape index (κ2) is 12.9. The number of nitrogens with two attached hydrogens (primary N) is 1. The van der Waals surface area contributed by atoms with Crippen LogP contribution in [0.15, 0.2) is 0 Å². The Balaban J connectivity index is 3.25.